The molecule has 0 atom stereocenters. The zero-order valence-corrected chi connectivity index (χ0v) is 11.9. The number of piperidine rings is 1. The molecule has 1 aliphatic heterocycles. The monoisotopic (exact) mass is 269 g/mol. The molecule has 0 aromatic heterocycles. The quantitative estimate of drug-likeness (QED) is 0.779. The van der Waals surface area contributed by atoms with E-state index >= 15 is 0 Å². The fourth-order valence-corrected chi connectivity index (χ4v) is 3.13. The minimum atomic E-state index is 0.115. The van der Waals surface area contributed by atoms with E-state index in [1.54, 1.807) is 7.11 Å². The lowest BCUT2D eigenvalue weighted by atomic mass is 9.90. The second-order valence-corrected chi connectivity index (χ2v) is 5.87. The van der Waals surface area contributed by atoms with Crippen LogP contribution in [0.4, 0.5) is 0 Å². The van der Waals surface area contributed by atoms with E-state index in [9.17, 15) is 4.79 Å². The summed E-state index contributed by atoms with van der Waals surface area (Å²) in [5.74, 6) is 0.115. The maximum atomic E-state index is 11.7. The van der Waals surface area contributed by atoms with Crippen molar-refractivity contribution >= 4 is 5.91 Å². The normalized spacial score (nSPS) is 29.5. The van der Waals surface area contributed by atoms with E-state index < -0.39 is 0 Å². The number of nitrogens with one attached hydrogen (secondary N) is 1. The minimum Gasteiger partial charge on any atom is -0.375 e. The number of nitrogens with two attached hydrogens (primary N) is 1. The molecule has 5 heteroatoms. The van der Waals surface area contributed by atoms with Crippen LogP contribution in [0, 0.1) is 0 Å². The van der Waals surface area contributed by atoms with E-state index in [2.05, 4.69) is 5.32 Å². The largest absolute Gasteiger partial charge is 0.375 e. The average Bonchev–Trinajstić information content (AvgIpc) is 2.42. The van der Waals surface area contributed by atoms with Gasteiger partial charge < -0.3 is 20.7 Å². The summed E-state index contributed by atoms with van der Waals surface area (Å²) in [5, 5.41) is 3.75. The SMILES string of the molecule is COCC(=O)N1CCC(NC2CCC(N)CC2)CC1. The third kappa shape index (κ3) is 4.44. The van der Waals surface area contributed by atoms with Gasteiger partial charge in [-0.1, -0.05) is 0 Å². The molecule has 0 radical (unpaired) electrons. The van der Waals surface area contributed by atoms with Gasteiger partial charge in [-0.25, -0.2) is 0 Å². The Bertz CT molecular complexity index is 282. The first kappa shape index (κ1) is 14.8. The number of nitrogens with zero attached hydrogens (tertiary/aromatic N) is 1. The van der Waals surface area contributed by atoms with E-state index in [1.165, 1.54) is 12.8 Å². The van der Waals surface area contributed by atoms with Crippen molar-refractivity contribution in [2.24, 2.45) is 5.73 Å². The molecular weight excluding hydrogens is 242 g/mol. The maximum Gasteiger partial charge on any atom is 0.248 e. The van der Waals surface area contributed by atoms with Gasteiger partial charge in [-0.2, -0.15) is 0 Å². The van der Waals surface area contributed by atoms with Crippen molar-refractivity contribution in [3.05, 3.63) is 0 Å². The Hall–Kier alpha value is -0.650. The Labute approximate surface area is 115 Å². The fourth-order valence-electron chi connectivity index (χ4n) is 3.13. The van der Waals surface area contributed by atoms with E-state index in [-0.39, 0.29) is 12.5 Å². The molecule has 2 aliphatic rings. The lowest BCUT2D eigenvalue weighted by molar-refractivity contribution is -0.136. The molecule has 110 valence electrons. The Balaban J connectivity index is 1.67. The number of carbonyl (C=O) groups is 1. The molecule has 1 aliphatic carbocycles. The number of hydrogen-bond donors (Lipinski definition) is 2. The van der Waals surface area contributed by atoms with Gasteiger partial charge in [-0.3, -0.25) is 4.79 Å². The summed E-state index contributed by atoms with van der Waals surface area (Å²) in [6.07, 6.45) is 6.79. The summed E-state index contributed by atoms with van der Waals surface area (Å²) in [6, 6.07) is 1.60. The minimum absolute atomic E-state index is 0.115. The highest BCUT2D eigenvalue weighted by molar-refractivity contribution is 5.77. The van der Waals surface area contributed by atoms with Crippen LogP contribution in [0.2, 0.25) is 0 Å². The predicted octanol–water partition coefficient (Wildman–Crippen LogP) is 0.483. The van der Waals surface area contributed by atoms with Crippen molar-refractivity contribution < 1.29 is 9.53 Å². The Morgan fingerprint density at radius 1 is 1.16 bits per heavy atom. The fraction of sp³-hybridized carbons (Fsp3) is 0.929. The molecule has 1 amide bonds. The van der Waals surface area contributed by atoms with Crippen LogP contribution in [0.3, 0.4) is 0 Å². The van der Waals surface area contributed by atoms with E-state index in [0.717, 1.165) is 38.8 Å². The molecule has 0 spiro atoms. The number of hydrogen-bond acceptors (Lipinski definition) is 4. The van der Waals surface area contributed by atoms with Crippen molar-refractivity contribution in [2.75, 3.05) is 26.8 Å². The first-order valence-corrected chi connectivity index (χ1v) is 7.47. The number of methoxy groups -OCH3 is 1. The molecule has 3 N–H and O–H groups in total. The molecule has 5 nitrogen and oxygen atoms in total. The zero-order valence-electron chi connectivity index (χ0n) is 11.9. The molecule has 2 fully saturated rings. The number of rotatable bonds is 4. The van der Waals surface area contributed by atoms with Crippen LogP contribution in [-0.4, -0.2) is 55.7 Å². The van der Waals surface area contributed by atoms with Crippen LogP contribution in [0.15, 0.2) is 0 Å². The summed E-state index contributed by atoms with van der Waals surface area (Å²) in [6.45, 7) is 1.91. The number of likely N-dealkylation sites (tertiary alicyclic amines) is 1. The number of amides is 1. The molecule has 0 aromatic carbocycles. The molecular formula is C14H27N3O2. The Kier molecular flexibility index (Phi) is 5.60. The molecule has 1 saturated heterocycles. The van der Waals surface area contributed by atoms with E-state index in [4.69, 9.17) is 10.5 Å². The zero-order chi connectivity index (χ0) is 13.7. The van der Waals surface area contributed by atoms with Crippen LogP contribution in [0.1, 0.15) is 38.5 Å². The van der Waals surface area contributed by atoms with Crippen molar-refractivity contribution in [3.8, 4) is 0 Å². The Morgan fingerprint density at radius 2 is 1.74 bits per heavy atom. The number of ether oxygens (including phenoxy) is 1. The first-order valence-electron chi connectivity index (χ1n) is 7.47. The highest BCUT2D eigenvalue weighted by Crippen LogP contribution is 2.19. The van der Waals surface area contributed by atoms with Gasteiger partial charge in [0, 0.05) is 38.3 Å². The van der Waals surface area contributed by atoms with Crippen LogP contribution in [0.5, 0.6) is 0 Å². The summed E-state index contributed by atoms with van der Waals surface area (Å²) >= 11 is 0. The summed E-state index contributed by atoms with van der Waals surface area (Å²) in [7, 11) is 1.57. The van der Waals surface area contributed by atoms with Gasteiger partial charge in [0.1, 0.15) is 6.61 Å². The third-order valence-electron chi connectivity index (χ3n) is 4.36. The lowest BCUT2D eigenvalue weighted by Crippen LogP contribution is -2.49. The second kappa shape index (κ2) is 7.22. The highest BCUT2D eigenvalue weighted by Gasteiger charge is 2.25. The van der Waals surface area contributed by atoms with Crippen LogP contribution >= 0.6 is 0 Å². The highest BCUT2D eigenvalue weighted by atomic mass is 16.5. The molecule has 0 bridgehead atoms. The predicted molar refractivity (Wildman–Crippen MR) is 74.8 cm³/mol. The van der Waals surface area contributed by atoms with Crippen LogP contribution in [0.25, 0.3) is 0 Å². The maximum absolute atomic E-state index is 11.7. The Morgan fingerprint density at radius 3 is 2.32 bits per heavy atom. The van der Waals surface area contributed by atoms with Crippen LogP contribution in [-0.2, 0) is 9.53 Å². The number of carbonyl (C=O) groups excluding carboxylic acids is 1. The summed E-state index contributed by atoms with van der Waals surface area (Å²) < 4.78 is 4.90. The van der Waals surface area contributed by atoms with Crippen molar-refractivity contribution in [1.29, 1.82) is 0 Å². The molecule has 0 aromatic rings. The van der Waals surface area contributed by atoms with Crippen molar-refractivity contribution in [2.45, 2.75) is 56.7 Å². The van der Waals surface area contributed by atoms with E-state index in [1.807, 2.05) is 4.90 Å². The van der Waals surface area contributed by atoms with Gasteiger partial charge in [0.25, 0.3) is 0 Å². The van der Waals surface area contributed by atoms with Crippen molar-refractivity contribution in [1.82, 2.24) is 10.2 Å². The van der Waals surface area contributed by atoms with Gasteiger partial charge in [0.15, 0.2) is 0 Å². The average molecular weight is 269 g/mol. The molecule has 1 heterocycles. The van der Waals surface area contributed by atoms with Gasteiger partial charge in [0.05, 0.1) is 0 Å². The topological polar surface area (TPSA) is 67.6 Å². The summed E-state index contributed by atoms with van der Waals surface area (Å²) in [5.41, 5.74) is 5.93. The van der Waals surface area contributed by atoms with Gasteiger partial charge in [-0.15, -0.1) is 0 Å². The van der Waals surface area contributed by atoms with Crippen LogP contribution < -0.4 is 11.1 Å². The standard InChI is InChI=1S/C14H27N3O2/c1-19-10-14(18)17-8-6-13(7-9-17)16-12-4-2-11(15)3-5-12/h11-13,16H,2-10,15H2,1H3. The van der Waals surface area contributed by atoms with Gasteiger partial charge in [-0.05, 0) is 38.5 Å². The van der Waals surface area contributed by atoms with Crippen molar-refractivity contribution in [3.63, 3.8) is 0 Å². The molecule has 0 unspecified atom stereocenters. The summed E-state index contributed by atoms with van der Waals surface area (Å²) in [4.78, 5) is 13.6. The first-order chi connectivity index (χ1) is 9.19. The second-order valence-electron chi connectivity index (χ2n) is 5.87. The van der Waals surface area contributed by atoms with Gasteiger partial charge in [0.2, 0.25) is 5.91 Å². The van der Waals surface area contributed by atoms with E-state index in [0.29, 0.717) is 18.1 Å². The molecule has 1 saturated carbocycles. The lowest BCUT2D eigenvalue weighted by Gasteiger charge is -2.36. The van der Waals surface area contributed by atoms with Gasteiger partial charge >= 0.3 is 0 Å². The smallest absolute Gasteiger partial charge is 0.248 e. The molecule has 19 heavy (non-hydrogen) atoms. The molecule has 2 rings (SSSR count). The third-order valence-corrected chi connectivity index (χ3v) is 4.36.